The van der Waals surface area contributed by atoms with Gasteiger partial charge in [0.05, 0.1) is 5.52 Å². The van der Waals surface area contributed by atoms with Crippen molar-refractivity contribution in [2.24, 2.45) is 9.98 Å². The van der Waals surface area contributed by atoms with Gasteiger partial charge in [-0.05, 0) is 44.3 Å². The predicted molar refractivity (Wildman–Crippen MR) is 122 cm³/mol. The Labute approximate surface area is 177 Å². The van der Waals surface area contributed by atoms with Crippen molar-refractivity contribution in [2.45, 2.75) is 19.4 Å². The molecule has 1 aliphatic heterocycles. The number of hydrogen-bond donors (Lipinski definition) is 2. The van der Waals surface area contributed by atoms with Crippen LogP contribution in [0.4, 0.5) is 11.5 Å². The summed E-state index contributed by atoms with van der Waals surface area (Å²) in [6, 6.07) is 5.77. The van der Waals surface area contributed by atoms with Gasteiger partial charge in [-0.2, -0.15) is 0 Å². The van der Waals surface area contributed by atoms with E-state index in [0.29, 0.717) is 11.6 Å². The number of nitrogens with zero attached hydrogens (tertiary/aromatic N) is 5. The number of halogens is 1. The maximum absolute atomic E-state index is 11.5. The van der Waals surface area contributed by atoms with Gasteiger partial charge in [-0.25, -0.2) is 20.0 Å². The highest BCUT2D eigenvalue weighted by molar-refractivity contribution is 9.11. The van der Waals surface area contributed by atoms with E-state index in [1.165, 1.54) is 6.08 Å². The molecule has 150 valence electrons. The normalized spacial score (nSPS) is 17.3. The number of fused-ring (bicyclic) bond motifs is 1. The van der Waals surface area contributed by atoms with Crippen LogP contribution in [0.25, 0.3) is 10.9 Å². The number of hydrogen-bond acceptors (Lipinski definition) is 5. The first-order valence-electron chi connectivity index (χ1n) is 9.06. The van der Waals surface area contributed by atoms with E-state index >= 15 is 0 Å². The molecule has 0 saturated carbocycles. The molecule has 0 bridgehead atoms. The maximum Gasteiger partial charge on any atom is 0.247 e. The number of guanidine groups is 1. The largest absolute Gasteiger partial charge is 0.354 e. The number of aromatic nitrogens is 2. The van der Waals surface area contributed by atoms with Crippen molar-refractivity contribution in [3.8, 4) is 0 Å². The Balaban J connectivity index is 1.76. The molecule has 0 spiro atoms. The average Bonchev–Trinajstić information content (AvgIpc) is 3.18. The third-order valence-corrected chi connectivity index (χ3v) is 4.61. The van der Waals surface area contributed by atoms with Crippen LogP contribution in [0.15, 0.2) is 57.8 Å². The van der Waals surface area contributed by atoms with Crippen LogP contribution in [0, 0.1) is 0 Å². The molecular formula is C20H22BrN7O. The van der Waals surface area contributed by atoms with Crippen LogP contribution in [-0.2, 0) is 4.79 Å². The zero-order valence-electron chi connectivity index (χ0n) is 16.1. The van der Waals surface area contributed by atoms with Crippen LogP contribution < -0.4 is 15.5 Å². The van der Waals surface area contributed by atoms with E-state index in [1.54, 1.807) is 12.5 Å². The maximum atomic E-state index is 11.5. The standard InChI is InChI=1S/C20H22BrN7O/c1-4-18(29)26-14-5-6-16-17(9-14)24-12-25-19(16)28-8-7-15(11-28)27-20(22-3)23-10-13(2)21/h4-6,9-10,12,15H,1,3,7-8,11H2,2H3,(H,23,27)(H,26,29)/b13-10+/t15-/m1/s1. The van der Waals surface area contributed by atoms with Crippen LogP contribution in [0.5, 0.6) is 0 Å². The molecule has 0 aliphatic carbocycles. The number of carbonyl (C=O) groups is 1. The van der Waals surface area contributed by atoms with Gasteiger partial charge in [-0.15, -0.1) is 0 Å². The summed E-state index contributed by atoms with van der Waals surface area (Å²) in [7, 11) is 0. The topological polar surface area (TPSA) is 94.9 Å². The van der Waals surface area contributed by atoms with Gasteiger partial charge >= 0.3 is 0 Å². The Hall–Kier alpha value is -3.07. The molecule has 1 atom stereocenters. The Kier molecular flexibility index (Phi) is 6.71. The van der Waals surface area contributed by atoms with Crippen molar-refractivity contribution < 1.29 is 4.79 Å². The lowest BCUT2D eigenvalue weighted by molar-refractivity contribution is -0.111. The Morgan fingerprint density at radius 3 is 2.97 bits per heavy atom. The molecular weight excluding hydrogens is 434 g/mol. The molecule has 0 radical (unpaired) electrons. The molecule has 2 N–H and O–H groups in total. The first-order valence-corrected chi connectivity index (χ1v) is 9.86. The Bertz CT molecular complexity index is 997. The van der Waals surface area contributed by atoms with Crippen molar-refractivity contribution >= 4 is 56.9 Å². The van der Waals surface area contributed by atoms with Gasteiger partial charge in [-0.1, -0.05) is 22.5 Å². The molecule has 1 saturated heterocycles. The predicted octanol–water partition coefficient (Wildman–Crippen LogP) is 3.24. The third-order valence-electron chi connectivity index (χ3n) is 4.40. The van der Waals surface area contributed by atoms with E-state index in [1.807, 2.05) is 25.1 Å². The zero-order chi connectivity index (χ0) is 20.8. The molecule has 29 heavy (non-hydrogen) atoms. The summed E-state index contributed by atoms with van der Waals surface area (Å²) in [5, 5.41) is 7.00. The van der Waals surface area contributed by atoms with E-state index in [9.17, 15) is 4.79 Å². The molecule has 3 rings (SSSR count). The van der Waals surface area contributed by atoms with Gasteiger partial charge in [0.1, 0.15) is 12.1 Å². The van der Waals surface area contributed by atoms with Crippen LogP contribution in [0.2, 0.25) is 0 Å². The Morgan fingerprint density at radius 2 is 2.24 bits per heavy atom. The number of benzene rings is 1. The highest BCUT2D eigenvalue weighted by Gasteiger charge is 2.25. The second kappa shape index (κ2) is 9.42. The third kappa shape index (κ3) is 5.26. The van der Waals surface area contributed by atoms with Crippen molar-refractivity contribution in [1.82, 2.24) is 15.3 Å². The summed E-state index contributed by atoms with van der Waals surface area (Å²) in [4.78, 5) is 30.8. The number of aliphatic imine (C=N–C) groups is 2. The van der Waals surface area contributed by atoms with Gasteiger partial charge in [-0.3, -0.25) is 4.79 Å². The molecule has 2 heterocycles. The van der Waals surface area contributed by atoms with Crippen LogP contribution in [0.3, 0.4) is 0 Å². The molecule has 9 heteroatoms. The molecule has 1 aromatic heterocycles. The highest BCUT2D eigenvalue weighted by atomic mass is 79.9. The number of allylic oxidation sites excluding steroid dienone is 1. The van der Waals surface area contributed by atoms with Gasteiger partial charge < -0.3 is 15.5 Å². The fraction of sp³-hybridized carbons (Fsp3) is 0.250. The number of carbonyl (C=O) groups excluding carboxylic acids is 1. The minimum atomic E-state index is -0.259. The SMILES string of the molecule is C=CC(=O)Nc1ccc2c(N3CC[C@@H](N/C(N=C)=N/C=C(\C)Br)C3)ncnc2c1. The lowest BCUT2D eigenvalue weighted by Crippen LogP contribution is -2.36. The summed E-state index contributed by atoms with van der Waals surface area (Å²) in [6.45, 7) is 10.5. The molecule has 2 aromatic rings. The second-order valence-electron chi connectivity index (χ2n) is 6.53. The minimum Gasteiger partial charge on any atom is -0.354 e. The van der Waals surface area contributed by atoms with E-state index in [4.69, 9.17) is 0 Å². The molecule has 1 aliphatic rings. The lowest BCUT2D eigenvalue weighted by Gasteiger charge is -2.19. The number of rotatable bonds is 5. The minimum absolute atomic E-state index is 0.180. The lowest BCUT2D eigenvalue weighted by atomic mass is 10.2. The molecule has 8 nitrogen and oxygen atoms in total. The number of anilines is 2. The first kappa shape index (κ1) is 20.7. The average molecular weight is 456 g/mol. The van der Waals surface area contributed by atoms with Crippen LogP contribution in [0.1, 0.15) is 13.3 Å². The van der Waals surface area contributed by atoms with E-state index in [2.05, 4.69) is 64.7 Å². The molecule has 1 fully saturated rings. The fourth-order valence-corrected chi connectivity index (χ4v) is 3.20. The van der Waals surface area contributed by atoms with Crippen molar-refractivity contribution in [1.29, 1.82) is 0 Å². The van der Waals surface area contributed by atoms with Gasteiger partial charge in [0.15, 0.2) is 0 Å². The zero-order valence-corrected chi connectivity index (χ0v) is 17.7. The van der Waals surface area contributed by atoms with E-state index in [0.717, 1.165) is 40.7 Å². The Morgan fingerprint density at radius 1 is 1.41 bits per heavy atom. The van der Waals surface area contributed by atoms with Crippen LogP contribution >= 0.6 is 15.9 Å². The smallest absolute Gasteiger partial charge is 0.247 e. The van der Waals surface area contributed by atoms with E-state index < -0.39 is 0 Å². The fourth-order valence-electron chi connectivity index (χ4n) is 3.09. The molecule has 0 unspecified atom stereocenters. The van der Waals surface area contributed by atoms with Crippen LogP contribution in [-0.4, -0.2) is 47.7 Å². The summed E-state index contributed by atoms with van der Waals surface area (Å²) >= 11 is 3.34. The second-order valence-corrected chi connectivity index (χ2v) is 7.78. The monoisotopic (exact) mass is 455 g/mol. The summed E-state index contributed by atoms with van der Waals surface area (Å²) in [5.41, 5.74) is 1.43. The van der Waals surface area contributed by atoms with E-state index in [-0.39, 0.29) is 11.9 Å². The van der Waals surface area contributed by atoms with Crippen molar-refractivity contribution in [3.05, 3.63) is 47.9 Å². The number of amides is 1. The first-order chi connectivity index (χ1) is 14.0. The number of nitrogens with one attached hydrogen (secondary N) is 2. The van der Waals surface area contributed by atoms with Gasteiger partial charge in [0.25, 0.3) is 0 Å². The van der Waals surface area contributed by atoms with Gasteiger partial charge in [0.2, 0.25) is 11.9 Å². The quantitative estimate of drug-likeness (QED) is 0.409. The van der Waals surface area contributed by atoms with Gasteiger partial charge in [0, 0.05) is 40.9 Å². The highest BCUT2D eigenvalue weighted by Crippen LogP contribution is 2.28. The van der Waals surface area contributed by atoms with Crippen molar-refractivity contribution in [3.63, 3.8) is 0 Å². The molecule has 1 amide bonds. The summed E-state index contributed by atoms with van der Waals surface area (Å²) < 4.78 is 0.907. The van der Waals surface area contributed by atoms with Crippen molar-refractivity contribution in [2.75, 3.05) is 23.3 Å². The molecule has 1 aromatic carbocycles. The summed E-state index contributed by atoms with van der Waals surface area (Å²) in [6.07, 6.45) is 5.38. The summed E-state index contributed by atoms with van der Waals surface area (Å²) in [5.74, 6) is 1.10.